The van der Waals surface area contributed by atoms with Crippen LogP contribution in [0.25, 0.3) is 22.5 Å². The Morgan fingerprint density at radius 1 is 1.11 bits per heavy atom. The van der Waals surface area contributed by atoms with Gasteiger partial charge >= 0.3 is 0 Å². The molecule has 0 N–H and O–H groups in total. The van der Waals surface area contributed by atoms with E-state index in [0.29, 0.717) is 5.02 Å². The number of methoxy groups -OCH3 is 1. The maximum Gasteiger partial charge on any atom is 0.192 e. The lowest BCUT2D eigenvalue weighted by molar-refractivity contribution is 0.252. The number of aromatic nitrogens is 3. The lowest BCUT2D eigenvalue weighted by Crippen LogP contribution is -2.45. The summed E-state index contributed by atoms with van der Waals surface area (Å²) in [7, 11) is -0.122. The van der Waals surface area contributed by atoms with E-state index in [-0.39, 0.29) is 9.79 Å². The maximum atomic E-state index is 6.63. The van der Waals surface area contributed by atoms with Crippen molar-refractivity contribution in [1.82, 2.24) is 14.8 Å². The average molecular weight is 530 g/mol. The molecule has 0 saturated carbocycles. The molecule has 0 fully saturated rings. The SMILES string of the molecule is COc1cc(-c2cccc(Cl)c2)ccc1-c1nnc2n1CCSC(C)(CO[Si](C)(C)C(C)(C)C)C2. The Labute approximate surface area is 219 Å². The van der Waals surface area contributed by atoms with Crippen LogP contribution in [0.15, 0.2) is 42.5 Å². The van der Waals surface area contributed by atoms with Crippen molar-refractivity contribution in [1.29, 1.82) is 0 Å². The van der Waals surface area contributed by atoms with Gasteiger partial charge in [0, 0.05) is 35.1 Å². The third-order valence-corrected chi connectivity index (χ3v) is 13.3. The van der Waals surface area contributed by atoms with Gasteiger partial charge in [-0.25, -0.2) is 0 Å². The Bertz CT molecular complexity index is 1210. The standard InChI is InChI=1S/C27H36ClN3O2SSi/c1-26(2,3)35(6,7)33-18-27(4)17-24-29-30-25(31(24)13-14-34-27)22-12-11-20(16-23(22)32-5)19-9-8-10-21(28)15-19/h8-12,15-16H,13-14,17-18H2,1-7H3. The van der Waals surface area contributed by atoms with Crippen LogP contribution in [0.2, 0.25) is 23.2 Å². The van der Waals surface area contributed by atoms with E-state index in [2.05, 4.69) is 67.7 Å². The highest BCUT2D eigenvalue weighted by molar-refractivity contribution is 8.00. The second kappa shape index (κ2) is 9.92. The molecular weight excluding hydrogens is 494 g/mol. The summed E-state index contributed by atoms with van der Waals surface area (Å²) in [6.45, 7) is 15.4. The Hall–Kier alpha value is -1.80. The molecule has 0 aliphatic carbocycles. The first kappa shape index (κ1) is 26.3. The molecule has 188 valence electrons. The van der Waals surface area contributed by atoms with Gasteiger partial charge in [-0.15, -0.1) is 10.2 Å². The highest BCUT2D eigenvalue weighted by Crippen LogP contribution is 2.41. The summed E-state index contributed by atoms with van der Waals surface area (Å²) in [4.78, 5) is 0. The molecule has 4 rings (SSSR count). The van der Waals surface area contributed by atoms with Gasteiger partial charge in [0.15, 0.2) is 14.1 Å². The van der Waals surface area contributed by atoms with E-state index in [4.69, 9.17) is 20.8 Å². The van der Waals surface area contributed by atoms with Crippen LogP contribution < -0.4 is 4.74 Å². The molecular formula is C27H36ClN3O2SSi. The van der Waals surface area contributed by atoms with Gasteiger partial charge in [0.25, 0.3) is 0 Å². The quantitative estimate of drug-likeness (QED) is 0.312. The Morgan fingerprint density at radius 2 is 1.86 bits per heavy atom. The molecule has 2 aromatic carbocycles. The second-order valence-electron chi connectivity index (χ2n) is 11.0. The highest BCUT2D eigenvalue weighted by atomic mass is 35.5. The van der Waals surface area contributed by atoms with Crippen LogP contribution in [0, 0.1) is 0 Å². The number of benzene rings is 2. The molecule has 1 unspecified atom stereocenters. The molecule has 2 heterocycles. The molecule has 3 aromatic rings. The number of rotatable bonds is 6. The van der Waals surface area contributed by atoms with E-state index >= 15 is 0 Å². The topological polar surface area (TPSA) is 49.2 Å². The van der Waals surface area contributed by atoms with E-state index in [1.165, 1.54) is 0 Å². The highest BCUT2D eigenvalue weighted by Gasteiger charge is 2.40. The molecule has 5 nitrogen and oxygen atoms in total. The summed E-state index contributed by atoms with van der Waals surface area (Å²) >= 11 is 8.19. The van der Waals surface area contributed by atoms with Crippen LogP contribution >= 0.6 is 23.4 Å². The Morgan fingerprint density at radius 3 is 2.54 bits per heavy atom. The summed E-state index contributed by atoms with van der Waals surface area (Å²) in [5, 5.41) is 10.2. The van der Waals surface area contributed by atoms with Crippen molar-refractivity contribution in [3.63, 3.8) is 0 Å². The molecule has 35 heavy (non-hydrogen) atoms. The van der Waals surface area contributed by atoms with Crippen LogP contribution in [-0.2, 0) is 17.4 Å². The Balaban J connectivity index is 1.61. The van der Waals surface area contributed by atoms with Crippen molar-refractivity contribution < 1.29 is 9.16 Å². The van der Waals surface area contributed by atoms with Crippen LogP contribution in [0.4, 0.5) is 0 Å². The molecule has 0 spiro atoms. The first-order chi connectivity index (χ1) is 16.4. The van der Waals surface area contributed by atoms with Gasteiger partial charge in [-0.05, 0) is 60.4 Å². The Kier molecular flexibility index (Phi) is 7.45. The summed E-state index contributed by atoms with van der Waals surface area (Å²) < 4.78 is 14.6. The number of fused-ring (bicyclic) bond motifs is 1. The lowest BCUT2D eigenvalue weighted by Gasteiger charge is -2.39. The number of ether oxygens (including phenoxy) is 1. The average Bonchev–Trinajstić information content (AvgIpc) is 3.10. The van der Waals surface area contributed by atoms with Gasteiger partial charge in [-0.2, -0.15) is 11.8 Å². The van der Waals surface area contributed by atoms with Gasteiger partial charge in [0.2, 0.25) is 0 Å². The van der Waals surface area contributed by atoms with Crippen molar-refractivity contribution in [3.05, 3.63) is 53.3 Å². The van der Waals surface area contributed by atoms with Crippen molar-refractivity contribution in [2.24, 2.45) is 0 Å². The summed E-state index contributed by atoms with van der Waals surface area (Å²) in [5.41, 5.74) is 3.05. The molecule has 1 aliphatic rings. The van der Waals surface area contributed by atoms with E-state index in [1.54, 1.807) is 7.11 Å². The van der Waals surface area contributed by atoms with E-state index in [1.807, 2.05) is 42.1 Å². The van der Waals surface area contributed by atoms with Crippen molar-refractivity contribution >= 4 is 31.7 Å². The van der Waals surface area contributed by atoms with Crippen LogP contribution in [0.1, 0.15) is 33.5 Å². The molecule has 0 radical (unpaired) electrons. The fourth-order valence-electron chi connectivity index (χ4n) is 4.03. The van der Waals surface area contributed by atoms with Gasteiger partial charge in [-0.1, -0.05) is 50.6 Å². The van der Waals surface area contributed by atoms with E-state index < -0.39 is 8.32 Å². The predicted molar refractivity (Wildman–Crippen MR) is 150 cm³/mol. The molecule has 8 heteroatoms. The smallest absolute Gasteiger partial charge is 0.192 e. The molecule has 0 amide bonds. The van der Waals surface area contributed by atoms with E-state index in [9.17, 15) is 0 Å². The molecule has 1 aliphatic heterocycles. The second-order valence-corrected chi connectivity index (χ2v) is 18.0. The van der Waals surface area contributed by atoms with Crippen LogP contribution in [0.5, 0.6) is 5.75 Å². The molecule has 0 saturated heterocycles. The van der Waals surface area contributed by atoms with Gasteiger partial charge in [0.05, 0.1) is 12.7 Å². The molecule has 1 aromatic heterocycles. The zero-order valence-corrected chi connectivity index (χ0v) is 24.4. The molecule has 1 atom stereocenters. The third kappa shape index (κ3) is 5.63. The van der Waals surface area contributed by atoms with Crippen LogP contribution in [-0.4, -0.2) is 47.3 Å². The number of hydrogen-bond acceptors (Lipinski definition) is 5. The number of nitrogens with zero attached hydrogens (tertiary/aromatic N) is 3. The number of thioether (sulfide) groups is 1. The monoisotopic (exact) mass is 529 g/mol. The van der Waals surface area contributed by atoms with Crippen molar-refractivity contribution in [2.75, 3.05) is 19.5 Å². The zero-order chi connectivity index (χ0) is 25.4. The molecule has 0 bridgehead atoms. The van der Waals surface area contributed by atoms with Crippen molar-refractivity contribution in [2.45, 2.75) is 63.5 Å². The first-order valence-corrected chi connectivity index (χ1v) is 16.3. The van der Waals surface area contributed by atoms with Gasteiger partial charge in [-0.3, -0.25) is 0 Å². The van der Waals surface area contributed by atoms with Crippen molar-refractivity contribution in [3.8, 4) is 28.3 Å². The van der Waals surface area contributed by atoms with E-state index in [0.717, 1.165) is 59.4 Å². The summed E-state index contributed by atoms with van der Waals surface area (Å²) in [5.74, 6) is 3.62. The summed E-state index contributed by atoms with van der Waals surface area (Å²) in [6.07, 6.45) is 0.822. The fourth-order valence-corrected chi connectivity index (χ4v) is 6.58. The minimum atomic E-state index is -1.82. The van der Waals surface area contributed by atoms with Crippen LogP contribution in [0.3, 0.4) is 0 Å². The fraction of sp³-hybridized carbons (Fsp3) is 0.481. The largest absolute Gasteiger partial charge is 0.496 e. The number of halogens is 1. The minimum Gasteiger partial charge on any atom is -0.496 e. The zero-order valence-electron chi connectivity index (χ0n) is 21.8. The number of hydrogen-bond donors (Lipinski definition) is 0. The maximum absolute atomic E-state index is 6.63. The first-order valence-electron chi connectivity index (χ1n) is 12.1. The van der Waals surface area contributed by atoms with Gasteiger partial charge < -0.3 is 13.7 Å². The third-order valence-electron chi connectivity index (χ3n) is 7.27. The normalized spacial score (nSPS) is 18.7. The van der Waals surface area contributed by atoms with Gasteiger partial charge in [0.1, 0.15) is 11.6 Å². The summed E-state index contributed by atoms with van der Waals surface area (Å²) in [6, 6.07) is 14.1. The lowest BCUT2D eigenvalue weighted by atomic mass is 10.0. The minimum absolute atomic E-state index is 0.0331. The predicted octanol–water partition coefficient (Wildman–Crippen LogP) is 7.34.